The molecule has 2 fully saturated rings. The fourth-order valence-electron chi connectivity index (χ4n) is 3.41. The molecule has 2 bridgehead atoms. The third kappa shape index (κ3) is 2.08. The van der Waals surface area contributed by atoms with Gasteiger partial charge in [0.15, 0.2) is 0 Å². The van der Waals surface area contributed by atoms with E-state index in [-0.39, 0.29) is 10.6 Å². The van der Waals surface area contributed by atoms with Crippen molar-refractivity contribution < 1.29 is 10.0 Å². The maximum absolute atomic E-state index is 11.3. The average molecular weight is 262 g/mol. The topological polar surface area (TPSA) is 66.6 Å². The van der Waals surface area contributed by atoms with Gasteiger partial charge in [-0.05, 0) is 43.7 Å². The predicted molar refractivity (Wildman–Crippen MR) is 72.2 cm³/mol. The minimum atomic E-state index is -0.678. The molecule has 102 valence electrons. The number of hydrogen-bond acceptors (Lipinski definition) is 4. The fourth-order valence-corrected chi connectivity index (χ4v) is 3.41. The predicted octanol–water partition coefficient (Wildman–Crippen LogP) is 2.64. The van der Waals surface area contributed by atoms with E-state index in [2.05, 4.69) is 4.90 Å². The minimum absolute atomic E-state index is 0.117. The van der Waals surface area contributed by atoms with E-state index in [9.17, 15) is 15.2 Å². The number of hydrogen-bond donors (Lipinski definition) is 1. The van der Waals surface area contributed by atoms with Gasteiger partial charge in [-0.3, -0.25) is 10.1 Å². The Labute approximate surface area is 112 Å². The number of benzene rings is 1. The molecule has 3 rings (SSSR count). The second-order valence-electron chi connectivity index (χ2n) is 5.67. The zero-order valence-electron chi connectivity index (χ0n) is 11.0. The molecule has 1 aromatic rings. The van der Waals surface area contributed by atoms with Crippen LogP contribution < -0.4 is 4.90 Å². The van der Waals surface area contributed by atoms with Crippen LogP contribution in [0.2, 0.25) is 0 Å². The molecule has 5 nitrogen and oxygen atoms in total. The molecular formula is C14H18N2O3. The van der Waals surface area contributed by atoms with Gasteiger partial charge >= 0.3 is 0 Å². The zero-order valence-corrected chi connectivity index (χ0v) is 11.0. The smallest absolute Gasteiger partial charge is 0.292 e. The molecule has 0 spiro atoms. The summed E-state index contributed by atoms with van der Waals surface area (Å²) in [5.74, 6) is 0.695. The number of aliphatic hydroxyl groups is 1. The van der Waals surface area contributed by atoms with Crippen molar-refractivity contribution in [2.45, 2.75) is 38.3 Å². The van der Waals surface area contributed by atoms with Crippen LogP contribution in [0.25, 0.3) is 0 Å². The van der Waals surface area contributed by atoms with Crippen LogP contribution >= 0.6 is 0 Å². The second kappa shape index (κ2) is 4.49. The highest BCUT2D eigenvalue weighted by molar-refractivity contribution is 5.66. The lowest BCUT2D eigenvalue weighted by Crippen LogP contribution is -2.32. The normalized spacial score (nSPS) is 26.7. The molecule has 1 aliphatic carbocycles. The third-order valence-corrected chi connectivity index (χ3v) is 4.40. The molecule has 19 heavy (non-hydrogen) atoms. The number of nitrogens with zero attached hydrogens (tertiary/aromatic N) is 2. The first-order chi connectivity index (χ1) is 9.06. The van der Waals surface area contributed by atoms with Crippen LogP contribution in [0.4, 0.5) is 11.4 Å². The molecule has 1 saturated heterocycles. The van der Waals surface area contributed by atoms with Gasteiger partial charge in [-0.25, -0.2) is 0 Å². The number of anilines is 1. The lowest BCUT2D eigenvalue weighted by Gasteiger charge is -2.29. The second-order valence-corrected chi connectivity index (χ2v) is 5.67. The summed E-state index contributed by atoms with van der Waals surface area (Å²) in [6.07, 6.45) is 2.87. The van der Waals surface area contributed by atoms with Crippen molar-refractivity contribution in [2.24, 2.45) is 5.92 Å². The van der Waals surface area contributed by atoms with Crippen LogP contribution in [0.3, 0.4) is 0 Å². The molecule has 2 unspecified atom stereocenters. The molecule has 1 saturated carbocycles. The quantitative estimate of drug-likeness (QED) is 0.671. The summed E-state index contributed by atoms with van der Waals surface area (Å²) in [6.45, 7) is 2.55. The highest BCUT2D eigenvalue weighted by atomic mass is 16.6. The van der Waals surface area contributed by atoms with Gasteiger partial charge in [-0.2, -0.15) is 0 Å². The molecule has 3 atom stereocenters. The van der Waals surface area contributed by atoms with E-state index in [1.807, 2.05) is 0 Å². The van der Waals surface area contributed by atoms with Gasteiger partial charge in [-0.15, -0.1) is 0 Å². The van der Waals surface area contributed by atoms with Crippen molar-refractivity contribution >= 4 is 11.4 Å². The Kier molecular flexibility index (Phi) is 2.93. The summed E-state index contributed by atoms with van der Waals surface area (Å²) < 4.78 is 0. The Morgan fingerprint density at radius 3 is 2.79 bits per heavy atom. The summed E-state index contributed by atoms with van der Waals surface area (Å²) in [5, 5.41) is 20.8. The summed E-state index contributed by atoms with van der Waals surface area (Å²) in [4.78, 5) is 13.1. The van der Waals surface area contributed by atoms with Crippen LogP contribution in [0, 0.1) is 16.0 Å². The molecule has 1 aromatic carbocycles. The van der Waals surface area contributed by atoms with E-state index in [0.29, 0.717) is 23.2 Å². The van der Waals surface area contributed by atoms with Crippen LogP contribution in [-0.2, 0) is 0 Å². The van der Waals surface area contributed by atoms with E-state index >= 15 is 0 Å². The van der Waals surface area contributed by atoms with Gasteiger partial charge in [0.25, 0.3) is 5.69 Å². The van der Waals surface area contributed by atoms with Gasteiger partial charge < -0.3 is 10.0 Å². The first kappa shape index (κ1) is 12.4. The number of rotatable bonds is 3. The largest absolute Gasteiger partial charge is 0.389 e. The SMILES string of the molecule is C[C@H](O)c1ccc(N2CC3CCC2C3)c([N+](=O)[O-])c1. The van der Waals surface area contributed by atoms with E-state index < -0.39 is 6.10 Å². The van der Waals surface area contributed by atoms with Crippen molar-refractivity contribution in [1.29, 1.82) is 0 Å². The van der Waals surface area contributed by atoms with Crippen molar-refractivity contribution in [3.05, 3.63) is 33.9 Å². The Hall–Kier alpha value is -1.62. The average Bonchev–Trinajstić information content (AvgIpc) is 3.00. The number of nitro groups is 1. The van der Waals surface area contributed by atoms with Gasteiger partial charge in [0.2, 0.25) is 0 Å². The number of fused-ring (bicyclic) bond motifs is 2. The minimum Gasteiger partial charge on any atom is -0.389 e. The first-order valence-corrected chi connectivity index (χ1v) is 6.79. The number of piperidine rings is 1. The standard InChI is InChI=1S/C14H18N2O3/c1-9(17)11-3-5-13(14(7-11)16(18)19)15-8-10-2-4-12(15)6-10/h3,5,7,9-10,12,17H,2,4,6,8H2,1H3/t9-,10?,12?/m0/s1. The maximum atomic E-state index is 11.3. The zero-order chi connectivity index (χ0) is 13.6. The maximum Gasteiger partial charge on any atom is 0.292 e. The Bertz CT molecular complexity index is 515. The highest BCUT2D eigenvalue weighted by Crippen LogP contribution is 2.43. The first-order valence-electron chi connectivity index (χ1n) is 6.79. The number of aliphatic hydroxyl groups excluding tert-OH is 1. The molecule has 0 radical (unpaired) electrons. The lowest BCUT2D eigenvalue weighted by atomic mass is 10.1. The van der Waals surface area contributed by atoms with E-state index in [0.717, 1.165) is 19.4 Å². The Morgan fingerprint density at radius 1 is 1.47 bits per heavy atom. The van der Waals surface area contributed by atoms with Crippen molar-refractivity contribution in [1.82, 2.24) is 0 Å². The number of nitro benzene ring substituents is 1. The molecule has 5 heteroatoms. The highest BCUT2D eigenvalue weighted by Gasteiger charge is 2.40. The van der Waals surface area contributed by atoms with E-state index in [1.165, 1.54) is 12.5 Å². The summed E-state index contributed by atoms with van der Waals surface area (Å²) in [5.41, 5.74) is 1.42. The molecule has 1 aliphatic heterocycles. The van der Waals surface area contributed by atoms with Crippen molar-refractivity contribution in [3.8, 4) is 0 Å². The van der Waals surface area contributed by atoms with E-state index in [1.54, 1.807) is 19.1 Å². The molecule has 2 aliphatic rings. The lowest BCUT2D eigenvalue weighted by molar-refractivity contribution is -0.384. The fraction of sp³-hybridized carbons (Fsp3) is 0.571. The van der Waals surface area contributed by atoms with Gasteiger partial charge in [0.05, 0.1) is 11.0 Å². The van der Waals surface area contributed by atoms with Crippen LogP contribution in [-0.4, -0.2) is 22.6 Å². The molecule has 0 amide bonds. The van der Waals surface area contributed by atoms with Gasteiger partial charge in [0.1, 0.15) is 5.69 Å². The van der Waals surface area contributed by atoms with Crippen LogP contribution in [0.5, 0.6) is 0 Å². The molecule has 1 heterocycles. The van der Waals surface area contributed by atoms with Crippen LogP contribution in [0.15, 0.2) is 18.2 Å². The van der Waals surface area contributed by atoms with Gasteiger partial charge in [0, 0.05) is 18.7 Å². The van der Waals surface area contributed by atoms with E-state index in [4.69, 9.17) is 0 Å². The van der Waals surface area contributed by atoms with Crippen molar-refractivity contribution in [2.75, 3.05) is 11.4 Å². The summed E-state index contributed by atoms with van der Waals surface area (Å²) in [6, 6.07) is 5.55. The summed E-state index contributed by atoms with van der Waals surface area (Å²) >= 11 is 0. The van der Waals surface area contributed by atoms with Crippen LogP contribution in [0.1, 0.15) is 37.9 Å². The monoisotopic (exact) mass is 262 g/mol. The Balaban J connectivity index is 1.99. The van der Waals surface area contributed by atoms with Gasteiger partial charge in [-0.1, -0.05) is 6.07 Å². The summed E-state index contributed by atoms with van der Waals surface area (Å²) in [7, 11) is 0. The third-order valence-electron chi connectivity index (χ3n) is 4.40. The van der Waals surface area contributed by atoms with Crippen molar-refractivity contribution in [3.63, 3.8) is 0 Å². The molecule has 1 N–H and O–H groups in total. The molecular weight excluding hydrogens is 244 g/mol. The Morgan fingerprint density at radius 2 is 2.26 bits per heavy atom. The molecule has 0 aromatic heterocycles.